The highest BCUT2D eigenvalue weighted by atomic mass is 35.5. The average molecular weight is 593 g/mol. The number of thioether (sulfide) groups is 1. The number of anilines is 2. The second-order valence-corrected chi connectivity index (χ2v) is 11.9. The molecule has 0 aromatic heterocycles. The fourth-order valence-corrected chi connectivity index (χ4v) is 7.30. The minimum absolute atomic E-state index is 0.147. The molecule has 2 fully saturated rings. The van der Waals surface area contributed by atoms with Crippen LogP contribution in [0.5, 0.6) is 0 Å². The van der Waals surface area contributed by atoms with E-state index in [1.54, 1.807) is 21.9 Å². The number of fused-ring (bicyclic) bond motifs is 2. The predicted molar refractivity (Wildman–Crippen MR) is 159 cm³/mol. The van der Waals surface area contributed by atoms with Gasteiger partial charge in [0.05, 0.1) is 24.7 Å². The SMILES string of the molecule is Cc1cc(N2C(=O)CS[C@]23C(=O)N(CN2CCN([N+](=O)[O-])[C@H](NCc4ccccc4)C2)c2ccccc23)ccc1Cl. The van der Waals surface area contributed by atoms with Crippen LogP contribution in [-0.2, 0) is 21.0 Å². The van der Waals surface area contributed by atoms with E-state index in [0.717, 1.165) is 22.4 Å². The molecular formula is C29H29ClN6O4S. The van der Waals surface area contributed by atoms with Crippen LogP contribution in [0.25, 0.3) is 0 Å². The van der Waals surface area contributed by atoms with E-state index in [9.17, 15) is 19.7 Å². The third-order valence-corrected chi connectivity index (χ3v) is 9.65. The number of halogens is 1. The van der Waals surface area contributed by atoms with Gasteiger partial charge in [-0.2, -0.15) is 0 Å². The Bertz CT molecular complexity index is 1510. The summed E-state index contributed by atoms with van der Waals surface area (Å²) in [6.45, 7) is 3.56. The van der Waals surface area contributed by atoms with E-state index in [2.05, 4.69) is 10.2 Å². The zero-order valence-corrected chi connectivity index (χ0v) is 24.0. The van der Waals surface area contributed by atoms with Gasteiger partial charge in [-0.1, -0.05) is 60.1 Å². The number of hydrazine groups is 1. The Balaban J connectivity index is 1.28. The number of carbonyl (C=O) groups is 2. The number of aryl methyl sites for hydroxylation is 1. The highest BCUT2D eigenvalue weighted by molar-refractivity contribution is 8.02. The first kappa shape index (κ1) is 27.5. The van der Waals surface area contributed by atoms with Crippen molar-refractivity contribution in [2.45, 2.75) is 24.5 Å². The lowest BCUT2D eigenvalue weighted by molar-refractivity contribution is -0.668. The molecule has 0 saturated carbocycles. The van der Waals surface area contributed by atoms with Gasteiger partial charge in [0.15, 0.2) is 11.2 Å². The minimum Gasteiger partial charge on any atom is -0.295 e. The Labute approximate surface area is 247 Å². The number of carbonyl (C=O) groups excluding carboxylic acids is 2. The second kappa shape index (κ2) is 11.0. The molecular weight excluding hydrogens is 564 g/mol. The lowest BCUT2D eigenvalue weighted by Gasteiger charge is -2.39. The number of hydrogen-bond donors (Lipinski definition) is 1. The molecule has 6 rings (SSSR count). The van der Waals surface area contributed by atoms with E-state index in [1.165, 1.54) is 16.8 Å². The fraction of sp³-hybridized carbons (Fsp3) is 0.310. The third-order valence-electron chi connectivity index (χ3n) is 7.84. The number of amides is 2. The maximum Gasteiger partial charge on any atom is 0.269 e. The topological polar surface area (TPSA) is 102 Å². The van der Waals surface area contributed by atoms with E-state index < -0.39 is 11.0 Å². The summed E-state index contributed by atoms with van der Waals surface area (Å²) in [5.74, 6) is -0.179. The number of rotatable bonds is 7. The van der Waals surface area contributed by atoms with Crippen molar-refractivity contribution in [1.29, 1.82) is 0 Å². The molecule has 3 aromatic carbocycles. The van der Waals surface area contributed by atoms with Crippen molar-refractivity contribution in [1.82, 2.24) is 15.2 Å². The maximum atomic E-state index is 14.4. The molecule has 0 aliphatic carbocycles. The number of para-hydroxylation sites is 1. The van der Waals surface area contributed by atoms with Gasteiger partial charge in [0.1, 0.15) is 0 Å². The molecule has 1 spiro atoms. The van der Waals surface area contributed by atoms with Gasteiger partial charge < -0.3 is 0 Å². The van der Waals surface area contributed by atoms with Crippen molar-refractivity contribution in [2.75, 3.05) is 41.9 Å². The zero-order chi connectivity index (χ0) is 28.7. The molecule has 1 N–H and O–H groups in total. The van der Waals surface area contributed by atoms with E-state index >= 15 is 0 Å². The van der Waals surface area contributed by atoms with Gasteiger partial charge in [-0.25, -0.2) is 10.1 Å². The maximum absolute atomic E-state index is 14.4. The predicted octanol–water partition coefficient (Wildman–Crippen LogP) is 3.81. The Morgan fingerprint density at radius 2 is 1.83 bits per heavy atom. The molecule has 3 aliphatic rings. The number of nitro groups is 1. The van der Waals surface area contributed by atoms with Crippen LogP contribution in [0.1, 0.15) is 16.7 Å². The summed E-state index contributed by atoms with van der Waals surface area (Å²) in [5, 5.41) is 16.6. The van der Waals surface area contributed by atoms with Gasteiger partial charge in [-0.15, -0.1) is 16.8 Å². The van der Waals surface area contributed by atoms with E-state index in [4.69, 9.17) is 11.6 Å². The van der Waals surface area contributed by atoms with Crippen molar-refractivity contribution < 1.29 is 14.6 Å². The summed E-state index contributed by atoms with van der Waals surface area (Å²) < 4.78 is 0. The fourth-order valence-electron chi connectivity index (χ4n) is 5.82. The van der Waals surface area contributed by atoms with Gasteiger partial charge in [0.25, 0.3) is 5.91 Å². The van der Waals surface area contributed by atoms with Crippen LogP contribution in [0.15, 0.2) is 72.8 Å². The highest BCUT2D eigenvalue weighted by Crippen LogP contribution is 2.55. The van der Waals surface area contributed by atoms with Crippen molar-refractivity contribution in [3.05, 3.63) is 105 Å². The van der Waals surface area contributed by atoms with Crippen LogP contribution in [-0.4, -0.2) is 65.0 Å². The molecule has 12 heteroatoms. The molecule has 2 saturated heterocycles. The van der Waals surface area contributed by atoms with Gasteiger partial charge in [0, 0.05) is 35.9 Å². The largest absolute Gasteiger partial charge is 0.295 e. The van der Waals surface area contributed by atoms with E-state index in [0.29, 0.717) is 30.3 Å². The van der Waals surface area contributed by atoms with Crippen molar-refractivity contribution in [3.63, 3.8) is 0 Å². The van der Waals surface area contributed by atoms with Gasteiger partial charge in [0.2, 0.25) is 10.8 Å². The minimum atomic E-state index is -1.23. The average Bonchev–Trinajstić information content (AvgIpc) is 3.44. The molecule has 0 bridgehead atoms. The molecule has 3 aromatic rings. The summed E-state index contributed by atoms with van der Waals surface area (Å²) in [7, 11) is 0. The first-order valence-electron chi connectivity index (χ1n) is 13.3. The molecule has 41 heavy (non-hydrogen) atoms. The van der Waals surface area contributed by atoms with Crippen LogP contribution in [0.4, 0.5) is 11.4 Å². The highest BCUT2D eigenvalue weighted by Gasteiger charge is 2.61. The normalized spacial score (nSPS) is 22.6. The first-order chi connectivity index (χ1) is 19.8. The summed E-state index contributed by atoms with van der Waals surface area (Å²) >= 11 is 7.60. The van der Waals surface area contributed by atoms with Crippen LogP contribution >= 0.6 is 23.4 Å². The number of nitrogens with zero attached hydrogens (tertiary/aromatic N) is 5. The monoisotopic (exact) mass is 592 g/mol. The van der Waals surface area contributed by atoms with E-state index in [1.807, 2.05) is 67.6 Å². The molecule has 212 valence electrons. The number of hydrogen-bond acceptors (Lipinski definition) is 7. The van der Waals surface area contributed by atoms with Crippen LogP contribution in [0.3, 0.4) is 0 Å². The molecule has 2 amide bonds. The Kier molecular flexibility index (Phi) is 7.37. The summed E-state index contributed by atoms with van der Waals surface area (Å²) in [5.41, 5.74) is 3.96. The first-order valence-corrected chi connectivity index (χ1v) is 14.7. The number of benzene rings is 3. The molecule has 0 unspecified atom stereocenters. The summed E-state index contributed by atoms with van der Waals surface area (Å²) in [4.78, 5) is 43.7. The molecule has 10 nitrogen and oxygen atoms in total. The lowest BCUT2D eigenvalue weighted by Crippen LogP contribution is -2.62. The standard InChI is InChI=1S/C29H29ClN6O4S/c1-20-15-22(11-12-24(20)30)35-27(37)18-41-29(35)23-9-5-6-10-25(23)33(28(29)38)19-32-13-14-34(36(39)40)26(17-32)31-16-21-7-3-2-4-8-21/h2-12,15,26,31H,13-14,16-19H2,1H3/t26-,29+/m0/s1. The van der Waals surface area contributed by atoms with Crippen LogP contribution < -0.4 is 15.1 Å². The summed E-state index contributed by atoms with van der Waals surface area (Å²) in [6.07, 6.45) is -0.545. The van der Waals surface area contributed by atoms with Crippen LogP contribution in [0, 0.1) is 17.0 Å². The van der Waals surface area contributed by atoms with Crippen LogP contribution in [0.2, 0.25) is 5.02 Å². The van der Waals surface area contributed by atoms with Crippen molar-refractivity contribution in [3.8, 4) is 0 Å². The third kappa shape index (κ3) is 4.82. The Hall–Kier alpha value is -3.64. The van der Waals surface area contributed by atoms with Gasteiger partial charge >= 0.3 is 0 Å². The Morgan fingerprint density at radius 1 is 1.07 bits per heavy atom. The van der Waals surface area contributed by atoms with Crippen molar-refractivity contribution in [2.24, 2.45) is 0 Å². The Morgan fingerprint density at radius 3 is 2.59 bits per heavy atom. The smallest absolute Gasteiger partial charge is 0.269 e. The van der Waals surface area contributed by atoms with E-state index in [-0.39, 0.29) is 35.8 Å². The van der Waals surface area contributed by atoms with Crippen molar-refractivity contribution >= 4 is 46.6 Å². The van der Waals surface area contributed by atoms with Gasteiger partial charge in [-0.05, 0) is 42.3 Å². The zero-order valence-electron chi connectivity index (χ0n) is 22.4. The molecule has 3 aliphatic heterocycles. The summed E-state index contributed by atoms with van der Waals surface area (Å²) in [6, 6.07) is 22.7. The molecule has 3 heterocycles. The number of piperazine rings is 1. The lowest BCUT2D eigenvalue weighted by atomic mass is 10.0. The molecule has 0 radical (unpaired) electrons. The molecule has 2 atom stereocenters. The number of nitrogens with one attached hydrogen (secondary N) is 1. The quantitative estimate of drug-likeness (QED) is 0.326. The second-order valence-electron chi connectivity index (χ2n) is 10.3. The van der Waals surface area contributed by atoms with Gasteiger partial charge in [-0.3, -0.25) is 29.6 Å².